The Kier molecular flexibility index (Phi) is 4.04. The van der Waals surface area contributed by atoms with Crippen molar-refractivity contribution < 1.29 is 0 Å². The summed E-state index contributed by atoms with van der Waals surface area (Å²) < 4.78 is 0. The molecule has 0 aliphatic heterocycles. The minimum absolute atomic E-state index is 0.00899. The molecule has 0 amide bonds. The third-order valence-corrected chi connectivity index (χ3v) is 3.35. The van der Waals surface area contributed by atoms with Crippen molar-refractivity contribution in [1.82, 2.24) is 15.3 Å². The number of nitrogens with zero attached hydrogens (tertiary/aromatic N) is 1. The molecule has 0 aliphatic carbocycles. The van der Waals surface area contributed by atoms with Crippen LogP contribution in [0.2, 0.25) is 5.02 Å². The van der Waals surface area contributed by atoms with E-state index < -0.39 is 0 Å². The van der Waals surface area contributed by atoms with E-state index >= 15 is 0 Å². The van der Waals surface area contributed by atoms with E-state index in [2.05, 4.69) is 35.2 Å². The van der Waals surface area contributed by atoms with E-state index in [0.717, 1.165) is 23.9 Å². The van der Waals surface area contributed by atoms with Crippen LogP contribution in [0.1, 0.15) is 25.2 Å². The lowest BCUT2D eigenvalue weighted by Gasteiger charge is -2.26. The van der Waals surface area contributed by atoms with Crippen molar-refractivity contribution in [3.05, 3.63) is 53.1 Å². The highest BCUT2D eigenvalue weighted by atomic mass is 35.5. The maximum absolute atomic E-state index is 6.24. The van der Waals surface area contributed by atoms with Gasteiger partial charge in [-0.15, -0.1) is 0 Å². The Balaban J connectivity index is 1.97. The summed E-state index contributed by atoms with van der Waals surface area (Å²) in [7, 11) is 0. The van der Waals surface area contributed by atoms with Gasteiger partial charge in [-0.25, -0.2) is 4.98 Å². The van der Waals surface area contributed by atoms with Crippen LogP contribution in [0.3, 0.4) is 0 Å². The van der Waals surface area contributed by atoms with Gasteiger partial charge in [0.2, 0.25) is 0 Å². The van der Waals surface area contributed by atoms with Crippen LogP contribution in [-0.2, 0) is 12.0 Å². The van der Waals surface area contributed by atoms with E-state index in [4.69, 9.17) is 11.6 Å². The second-order valence-corrected chi connectivity index (χ2v) is 5.41. The van der Waals surface area contributed by atoms with Crippen LogP contribution in [0.15, 0.2) is 36.7 Å². The molecule has 96 valence electrons. The Hall–Kier alpha value is -1.32. The minimum atomic E-state index is -0.00899. The molecule has 0 atom stereocenters. The maximum Gasteiger partial charge on any atom is 0.120 e. The van der Waals surface area contributed by atoms with Gasteiger partial charge in [0.15, 0.2) is 0 Å². The standard InChI is InChI=1S/C14H18ClN3/c1-14(2,11-5-3-4-6-12(11)15)10-16-9-13-17-7-8-18-13/h3-8,16H,9-10H2,1-2H3,(H,17,18). The van der Waals surface area contributed by atoms with Gasteiger partial charge in [-0.1, -0.05) is 43.6 Å². The molecular formula is C14H18ClN3. The summed E-state index contributed by atoms with van der Waals surface area (Å²) >= 11 is 6.24. The number of aromatic amines is 1. The van der Waals surface area contributed by atoms with E-state index in [0.29, 0.717) is 0 Å². The van der Waals surface area contributed by atoms with Gasteiger partial charge in [0, 0.05) is 29.4 Å². The van der Waals surface area contributed by atoms with Crippen molar-refractivity contribution in [3.63, 3.8) is 0 Å². The van der Waals surface area contributed by atoms with E-state index in [1.54, 1.807) is 6.20 Å². The molecule has 0 aliphatic rings. The average Bonchev–Trinajstić information content (AvgIpc) is 2.82. The highest BCUT2D eigenvalue weighted by Gasteiger charge is 2.22. The molecule has 3 nitrogen and oxygen atoms in total. The monoisotopic (exact) mass is 263 g/mol. The van der Waals surface area contributed by atoms with Crippen molar-refractivity contribution >= 4 is 11.6 Å². The SMILES string of the molecule is CC(C)(CNCc1ncc[nH]1)c1ccccc1Cl. The Morgan fingerprint density at radius 2 is 2.11 bits per heavy atom. The second-order valence-electron chi connectivity index (χ2n) is 5.00. The van der Waals surface area contributed by atoms with E-state index in [9.17, 15) is 0 Å². The molecule has 0 spiro atoms. The Labute approximate surface area is 113 Å². The van der Waals surface area contributed by atoms with Crippen LogP contribution in [0.25, 0.3) is 0 Å². The zero-order chi connectivity index (χ0) is 13.0. The first-order chi connectivity index (χ1) is 8.59. The molecule has 1 aromatic carbocycles. The number of rotatable bonds is 5. The normalized spacial score (nSPS) is 11.7. The molecule has 18 heavy (non-hydrogen) atoms. The molecule has 0 fully saturated rings. The topological polar surface area (TPSA) is 40.7 Å². The number of hydrogen-bond acceptors (Lipinski definition) is 2. The molecule has 0 radical (unpaired) electrons. The highest BCUT2D eigenvalue weighted by molar-refractivity contribution is 6.31. The van der Waals surface area contributed by atoms with E-state index in [1.807, 2.05) is 24.4 Å². The number of H-pyrrole nitrogens is 1. The lowest BCUT2D eigenvalue weighted by molar-refractivity contribution is 0.465. The smallest absolute Gasteiger partial charge is 0.120 e. The summed E-state index contributed by atoms with van der Waals surface area (Å²) in [5, 5.41) is 4.22. The molecule has 2 rings (SSSR count). The van der Waals surface area contributed by atoms with Crippen molar-refractivity contribution in [2.24, 2.45) is 0 Å². The number of imidazole rings is 1. The molecule has 4 heteroatoms. The van der Waals surface area contributed by atoms with Gasteiger partial charge in [-0.05, 0) is 11.6 Å². The van der Waals surface area contributed by atoms with Crippen molar-refractivity contribution in [2.75, 3.05) is 6.54 Å². The van der Waals surface area contributed by atoms with Crippen LogP contribution in [0.4, 0.5) is 0 Å². The molecule has 0 unspecified atom stereocenters. The quantitative estimate of drug-likeness (QED) is 0.870. The zero-order valence-corrected chi connectivity index (χ0v) is 11.5. The predicted octanol–water partition coefficient (Wildman–Crippen LogP) is 3.13. The summed E-state index contributed by atoms with van der Waals surface area (Å²) in [6, 6.07) is 8.00. The maximum atomic E-state index is 6.24. The second kappa shape index (κ2) is 5.55. The molecule has 2 aromatic rings. The Bertz CT molecular complexity index is 492. The van der Waals surface area contributed by atoms with Crippen LogP contribution in [-0.4, -0.2) is 16.5 Å². The van der Waals surface area contributed by atoms with Gasteiger partial charge in [-0.2, -0.15) is 0 Å². The molecule has 1 aromatic heterocycles. The number of aromatic nitrogens is 2. The summed E-state index contributed by atoms with van der Waals surface area (Å²) in [4.78, 5) is 7.26. The molecular weight excluding hydrogens is 246 g/mol. The van der Waals surface area contributed by atoms with Crippen molar-refractivity contribution in [2.45, 2.75) is 25.8 Å². The Morgan fingerprint density at radius 1 is 1.33 bits per heavy atom. The summed E-state index contributed by atoms with van der Waals surface area (Å²) in [6.07, 6.45) is 3.59. The number of nitrogens with one attached hydrogen (secondary N) is 2. The number of benzene rings is 1. The lowest BCUT2D eigenvalue weighted by atomic mass is 9.84. The molecule has 1 heterocycles. The van der Waals surface area contributed by atoms with Crippen LogP contribution >= 0.6 is 11.6 Å². The first kappa shape index (κ1) is 13.1. The van der Waals surface area contributed by atoms with Crippen LogP contribution in [0.5, 0.6) is 0 Å². The fourth-order valence-corrected chi connectivity index (χ4v) is 2.38. The van der Waals surface area contributed by atoms with Gasteiger partial charge in [0.25, 0.3) is 0 Å². The highest BCUT2D eigenvalue weighted by Crippen LogP contribution is 2.28. The van der Waals surface area contributed by atoms with Crippen LogP contribution < -0.4 is 5.32 Å². The zero-order valence-electron chi connectivity index (χ0n) is 10.7. The van der Waals surface area contributed by atoms with Crippen molar-refractivity contribution in [1.29, 1.82) is 0 Å². The first-order valence-electron chi connectivity index (χ1n) is 6.03. The first-order valence-corrected chi connectivity index (χ1v) is 6.41. The van der Waals surface area contributed by atoms with E-state index in [-0.39, 0.29) is 5.41 Å². The largest absolute Gasteiger partial charge is 0.348 e. The molecule has 2 N–H and O–H groups in total. The fraction of sp³-hybridized carbons (Fsp3) is 0.357. The van der Waals surface area contributed by atoms with Gasteiger partial charge in [0.05, 0.1) is 6.54 Å². The van der Waals surface area contributed by atoms with Crippen LogP contribution in [0, 0.1) is 0 Å². The molecule has 0 saturated heterocycles. The van der Waals surface area contributed by atoms with Gasteiger partial charge in [-0.3, -0.25) is 0 Å². The molecule has 0 saturated carbocycles. The summed E-state index contributed by atoms with van der Waals surface area (Å²) in [5.41, 5.74) is 1.16. The van der Waals surface area contributed by atoms with Gasteiger partial charge < -0.3 is 10.3 Å². The summed E-state index contributed by atoms with van der Waals surface area (Å²) in [5.74, 6) is 0.949. The number of hydrogen-bond donors (Lipinski definition) is 2. The fourth-order valence-electron chi connectivity index (χ4n) is 1.99. The lowest BCUT2D eigenvalue weighted by Crippen LogP contribution is -2.33. The van der Waals surface area contributed by atoms with E-state index in [1.165, 1.54) is 5.56 Å². The Morgan fingerprint density at radius 3 is 2.78 bits per heavy atom. The van der Waals surface area contributed by atoms with Gasteiger partial charge >= 0.3 is 0 Å². The third kappa shape index (κ3) is 3.12. The van der Waals surface area contributed by atoms with Gasteiger partial charge in [0.1, 0.15) is 5.82 Å². The summed E-state index contributed by atoms with van der Waals surface area (Å²) in [6.45, 7) is 5.95. The minimum Gasteiger partial charge on any atom is -0.348 e. The average molecular weight is 264 g/mol. The number of halogens is 1. The predicted molar refractivity (Wildman–Crippen MR) is 74.8 cm³/mol. The third-order valence-electron chi connectivity index (χ3n) is 3.02. The van der Waals surface area contributed by atoms with Crippen molar-refractivity contribution in [3.8, 4) is 0 Å². The molecule has 0 bridgehead atoms.